The van der Waals surface area contributed by atoms with Gasteiger partial charge in [-0.3, -0.25) is 14.9 Å². The lowest BCUT2D eigenvalue weighted by Gasteiger charge is -2.27. The van der Waals surface area contributed by atoms with Gasteiger partial charge in [0.15, 0.2) is 11.4 Å². The van der Waals surface area contributed by atoms with Gasteiger partial charge in [0.2, 0.25) is 5.95 Å². The molecular weight excluding hydrogens is 1560 g/mol. The summed E-state index contributed by atoms with van der Waals surface area (Å²) >= 11 is 0. The van der Waals surface area contributed by atoms with Crippen molar-refractivity contribution in [2.45, 2.75) is 0 Å². The van der Waals surface area contributed by atoms with Crippen LogP contribution in [-0.2, 0) is 0 Å². The summed E-state index contributed by atoms with van der Waals surface area (Å²) in [5.74, 6) is 0.528. The first kappa shape index (κ1) is 75.3. The summed E-state index contributed by atoms with van der Waals surface area (Å²) in [5.41, 5.74) is 30.1. The van der Waals surface area contributed by atoms with E-state index >= 15 is 0 Å². The first-order valence-electron chi connectivity index (χ1n) is 42.8. The van der Waals surface area contributed by atoms with Crippen LogP contribution < -0.4 is 9.80 Å². The molecule has 0 aliphatic rings. The molecule has 0 unspecified atom stereocenters. The van der Waals surface area contributed by atoms with Gasteiger partial charge in [0.25, 0.3) is 0 Å². The summed E-state index contributed by atoms with van der Waals surface area (Å²) in [6.45, 7) is 15.2. The Balaban J connectivity index is 0.000000148. The number of pyridine rings is 2. The predicted molar refractivity (Wildman–Crippen MR) is 531 cm³/mol. The molecule has 0 N–H and O–H groups in total. The maximum atomic E-state index is 7.68. The van der Waals surface area contributed by atoms with Crippen LogP contribution in [0.5, 0.6) is 0 Å². The van der Waals surface area contributed by atoms with Crippen molar-refractivity contribution in [3.8, 4) is 101 Å². The highest BCUT2D eigenvalue weighted by atomic mass is 15.3. The summed E-state index contributed by atoms with van der Waals surface area (Å²) in [4.78, 5) is 31.2. The zero-order chi connectivity index (χ0) is 85.1. The first-order chi connectivity index (χ1) is 63.3. The molecule has 128 heavy (non-hydrogen) atoms. The highest BCUT2D eigenvalue weighted by Gasteiger charge is 2.25. The summed E-state index contributed by atoms with van der Waals surface area (Å²) in [6.07, 6.45) is 7.38. The van der Waals surface area contributed by atoms with Crippen molar-refractivity contribution in [2.24, 2.45) is 0 Å². The zero-order valence-corrected chi connectivity index (χ0v) is 69.2. The van der Waals surface area contributed by atoms with E-state index in [1.165, 1.54) is 104 Å². The van der Waals surface area contributed by atoms with Crippen molar-refractivity contribution >= 4 is 132 Å². The van der Waals surface area contributed by atoms with Crippen molar-refractivity contribution in [1.29, 1.82) is 0 Å². The number of fused-ring (bicyclic) bond motifs is 2. The molecular formula is C118H74N10. The standard InChI is InChI=1S/C63H39N5.C55H35N5/c1-64-51-29-33-54(34-30-51)67(63-65-57(49-24-20-41-10-5-7-12-47(41)38-49)40-58(66-63)50-25-21-42-11-6-8-13-48(42)39-50)53-31-26-44(27-32-53)43-18-22-45(23-19-43)55-36-37-60-62-56(55)35-28-46-14-9-17-59(61(46)62)68(60)52-15-3-2-4-16-52;1-56-45-21-25-48(26-22-45)59(49-33-43(41-9-6-30-57-35-41)32-44(34-49)42-10-7-31-58-36-42)47-23-18-38(19-24-47)37-14-16-39(17-15-37)50-28-29-53-55-51(50)27-20-40-8-5-13-52(54(40)55)60(53)46-11-3-2-4-12-46/h2-40H;2-36H. The molecule has 0 radical (unpaired) electrons. The molecule has 0 atom stereocenters. The van der Waals surface area contributed by atoms with Crippen molar-refractivity contribution in [3.05, 3.63) is 472 Å². The van der Waals surface area contributed by atoms with Gasteiger partial charge in [0, 0.05) is 108 Å². The van der Waals surface area contributed by atoms with Gasteiger partial charge in [0.1, 0.15) is 0 Å². The third-order valence-electron chi connectivity index (χ3n) is 24.9. The molecule has 5 aromatic heterocycles. The lowest BCUT2D eigenvalue weighted by molar-refractivity contribution is 1.09. The monoisotopic (exact) mass is 1630 g/mol. The maximum Gasteiger partial charge on any atom is 0.235 e. The Morgan fingerprint density at radius 1 is 0.227 bits per heavy atom. The quantitative estimate of drug-likeness (QED) is 0.0709. The van der Waals surface area contributed by atoms with E-state index in [2.05, 4.69) is 403 Å². The van der Waals surface area contributed by atoms with E-state index in [0.29, 0.717) is 17.3 Å². The molecule has 0 saturated heterocycles. The Bertz CT molecular complexity index is 8240. The minimum absolute atomic E-state index is 0.528. The minimum atomic E-state index is 0.528. The number of hydrogen-bond donors (Lipinski definition) is 0. The van der Waals surface area contributed by atoms with Crippen LogP contribution in [0.1, 0.15) is 0 Å². The largest absolute Gasteiger partial charge is 0.311 e. The number of para-hydroxylation sites is 2. The van der Waals surface area contributed by atoms with Crippen molar-refractivity contribution in [3.63, 3.8) is 0 Å². The fourth-order valence-corrected chi connectivity index (χ4v) is 18.7. The molecule has 10 nitrogen and oxygen atoms in total. The van der Waals surface area contributed by atoms with Crippen molar-refractivity contribution in [1.82, 2.24) is 29.1 Å². The summed E-state index contributed by atoms with van der Waals surface area (Å²) in [7, 11) is 0. The van der Waals surface area contributed by atoms with Gasteiger partial charge in [-0.05, 0) is 244 Å². The van der Waals surface area contributed by atoms with Gasteiger partial charge in [0.05, 0.1) is 46.6 Å². The molecule has 24 rings (SSSR count). The fraction of sp³-hybridized carbons (Fsp3) is 0. The molecule has 0 aliphatic heterocycles. The van der Waals surface area contributed by atoms with Crippen LogP contribution in [0.4, 0.5) is 45.8 Å². The second-order valence-corrected chi connectivity index (χ2v) is 32.3. The second kappa shape index (κ2) is 32.0. The average molecular weight is 1630 g/mol. The maximum absolute atomic E-state index is 7.68. The highest BCUT2D eigenvalue weighted by molar-refractivity contribution is 6.28. The Labute approximate surface area is 739 Å². The van der Waals surface area contributed by atoms with E-state index in [1.807, 2.05) is 73.1 Å². The lowest BCUT2D eigenvalue weighted by atomic mass is 9.93. The van der Waals surface area contributed by atoms with E-state index in [1.54, 1.807) is 12.4 Å². The molecule has 0 amide bonds. The Kier molecular flexibility index (Phi) is 18.8. The predicted octanol–water partition coefficient (Wildman–Crippen LogP) is 32.0. The summed E-state index contributed by atoms with van der Waals surface area (Å²) in [6, 6.07) is 150. The van der Waals surface area contributed by atoms with Gasteiger partial charge >= 0.3 is 0 Å². The van der Waals surface area contributed by atoms with Gasteiger partial charge in [-0.15, -0.1) is 0 Å². The SMILES string of the molecule is [C-]#[N+]c1ccc(N(c2ccc(-c3ccc(-c4ccc5c6c4ccc4cccc(c46)n5-c4ccccc4)cc3)cc2)c2cc(-c3cccnc3)cc(-c3cccnc3)c2)cc1.[C-]#[N+]c1ccc(N(c2ccc(-c3ccc(-c4ccc5c6c4ccc4cccc(c46)n5-c4ccccc4)cc3)cc2)c2nc(-c3ccc4ccccc4c3)cc(-c3ccc4ccccc4c3)n2)cc1. The Morgan fingerprint density at radius 2 is 0.586 bits per heavy atom. The topological polar surface area (TPSA) is 76.6 Å². The fourth-order valence-electron chi connectivity index (χ4n) is 18.7. The molecule has 0 spiro atoms. The molecule has 0 saturated carbocycles. The lowest BCUT2D eigenvalue weighted by Crippen LogP contribution is -2.14. The van der Waals surface area contributed by atoms with Crippen LogP contribution in [0.3, 0.4) is 0 Å². The third-order valence-corrected chi connectivity index (χ3v) is 24.9. The molecule has 0 aliphatic carbocycles. The molecule has 0 bridgehead atoms. The van der Waals surface area contributed by atoms with Gasteiger partial charge in [-0.25, -0.2) is 19.7 Å². The van der Waals surface area contributed by atoms with Gasteiger partial charge < -0.3 is 14.0 Å². The summed E-state index contributed by atoms with van der Waals surface area (Å²) < 4.78 is 4.78. The van der Waals surface area contributed by atoms with E-state index in [-0.39, 0.29) is 0 Å². The molecule has 596 valence electrons. The third kappa shape index (κ3) is 13.6. The number of rotatable bonds is 16. The van der Waals surface area contributed by atoms with Crippen LogP contribution in [0.25, 0.3) is 197 Å². The van der Waals surface area contributed by atoms with Gasteiger partial charge in [-0.2, -0.15) is 0 Å². The smallest absolute Gasteiger partial charge is 0.235 e. The number of nitrogens with zero attached hydrogens (tertiary/aromatic N) is 10. The highest BCUT2D eigenvalue weighted by Crippen LogP contribution is 2.48. The molecule has 19 aromatic carbocycles. The molecule has 24 aromatic rings. The number of aromatic nitrogens is 6. The van der Waals surface area contributed by atoms with Crippen LogP contribution >= 0.6 is 0 Å². The number of hydrogen-bond acceptors (Lipinski definition) is 6. The van der Waals surface area contributed by atoms with E-state index in [4.69, 9.17) is 23.1 Å². The van der Waals surface area contributed by atoms with Crippen LogP contribution in [0, 0.1) is 13.1 Å². The molecule has 10 heteroatoms. The number of benzene rings is 19. The Hall–Kier alpha value is -17.7. The first-order valence-corrected chi connectivity index (χ1v) is 42.8. The molecule has 5 heterocycles. The average Bonchev–Trinajstić information content (AvgIpc) is 1.58. The van der Waals surface area contributed by atoms with Crippen LogP contribution in [0.15, 0.2) is 449 Å². The van der Waals surface area contributed by atoms with Crippen molar-refractivity contribution in [2.75, 3.05) is 9.80 Å². The van der Waals surface area contributed by atoms with Crippen LogP contribution in [0.2, 0.25) is 0 Å². The number of anilines is 6. The van der Waals surface area contributed by atoms with Gasteiger partial charge in [-0.1, -0.05) is 279 Å². The zero-order valence-electron chi connectivity index (χ0n) is 69.2. The summed E-state index contributed by atoms with van der Waals surface area (Å²) in [5, 5.41) is 14.8. The minimum Gasteiger partial charge on any atom is -0.311 e. The van der Waals surface area contributed by atoms with Crippen LogP contribution in [-0.4, -0.2) is 29.1 Å². The Morgan fingerprint density at radius 3 is 1.00 bits per heavy atom. The second-order valence-electron chi connectivity index (χ2n) is 32.3. The van der Waals surface area contributed by atoms with Crippen molar-refractivity contribution < 1.29 is 0 Å². The molecule has 0 fully saturated rings. The van der Waals surface area contributed by atoms with E-state index in [9.17, 15) is 0 Å². The van der Waals surface area contributed by atoms with E-state index < -0.39 is 0 Å². The normalized spacial score (nSPS) is 11.4. The van der Waals surface area contributed by atoms with E-state index in [0.717, 1.165) is 112 Å².